The van der Waals surface area contributed by atoms with Crippen molar-refractivity contribution in [1.29, 1.82) is 0 Å². The first-order chi connectivity index (χ1) is 10.6. The van der Waals surface area contributed by atoms with Crippen LogP contribution in [0.4, 0.5) is 0 Å². The topological polar surface area (TPSA) is 55.8 Å². The van der Waals surface area contributed by atoms with Gasteiger partial charge in [0, 0.05) is 0 Å². The van der Waals surface area contributed by atoms with Crippen molar-refractivity contribution in [2.45, 2.75) is 84.3 Å². The summed E-state index contributed by atoms with van der Waals surface area (Å²) >= 11 is 0. The zero-order chi connectivity index (χ0) is 17.3. The molecule has 0 bridgehead atoms. The molecule has 1 saturated carbocycles. The monoisotopic (exact) mass is 324 g/mol. The molecule has 2 rings (SSSR count). The molecule has 4 nitrogen and oxygen atoms in total. The van der Waals surface area contributed by atoms with E-state index in [0.29, 0.717) is 11.3 Å². The minimum atomic E-state index is -0.831. The third kappa shape index (κ3) is 4.36. The summed E-state index contributed by atoms with van der Waals surface area (Å²) in [4.78, 5) is 22.1. The first-order valence-electron chi connectivity index (χ1n) is 8.90. The molecule has 4 atom stereocenters. The van der Waals surface area contributed by atoms with Gasteiger partial charge in [-0.05, 0) is 70.1 Å². The van der Waals surface area contributed by atoms with Crippen molar-refractivity contribution in [3.8, 4) is 0 Å². The van der Waals surface area contributed by atoms with Gasteiger partial charge in [-0.1, -0.05) is 26.0 Å². The molecule has 0 amide bonds. The van der Waals surface area contributed by atoms with Crippen molar-refractivity contribution in [2.75, 3.05) is 0 Å². The zero-order valence-corrected chi connectivity index (χ0v) is 15.1. The van der Waals surface area contributed by atoms with Crippen molar-refractivity contribution in [3.05, 3.63) is 12.2 Å². The van der Waals surface area contributed by atoms with Crippen LogP contribution >= 0.6 is 0 Å². The van der Waals surface area contributed by atoms with Crippen molar-refractivity contribution in [2.24, 2.45) is 17.3 Å². The molecule has 0 spiro atoms. The first kappa shape index (κ1) is 18.5. The fourth-order valence-corrected chi connectivity index (χ4v) is 4.09. The molecule has 0 aromatic rings. The van der Waals surface area contributed by atoms with E-state index in [0.717, 1.165) is 32.1 Å². The minimum absolute atomic E-state index is 0.307. The van der Waals surface area contributed by atoms with Crippen LogP contribution in [0.1, 0.15) is 72.6 Å². The van der Waals surface area contributed by atoms with Gasteiger partial charge in [0.05, 0.1) is 5.92 Å². The molecule has 2 fully saturated rings. The van der Waals surface area contributed by atoms with Crippen LogP contribution < -0.4 is 0 Å². The molecule has 0 aromatic carbocycles. The lowest BCUT2D eigenvalue weighted by Crippen LogP contribution is -2.42. The van der Waals surface area contributed by atoms with Crippen LogP contribution in [0, 0.1) is 17.3 Å². The molecule has 1 aliphatic heterocycles. The summed E-state index contributed by atoms with van der Waals surface area (Å²) in [5.74, 6) is -0.827. The molecule has 1 aliphatic carbocycles. The number of carboxylic acid groups (broad SMARTS) is 1. The quantitative estimate of drug-likeness (QED) is 0.586. The Morgan fingerprint density at radius 1 is 1.39 bits per heavy atom. The Morgan fingerprint density at radius 3 is 2.61 bits per heavy atom. The van der Waals surface area contributed by atoms with Crippen LogP contribution in [-0.2, 0) is 14.6 Å². The Bertz CT molecular complexity index is 446. The maximum absolute atomic E-state index is 11.1. The van der Waals surface area contributed by atoms with E-state index in [1.54, 1.807) is 6.92 Å². The molecule has 0 radical (unpaired) electrons. The lowest BCUT2D eigenvalue weighted by molar-refractivity contribution is -0.411. The second-order valence-electron chi connectivity index (χ2n) is 8.43. The average molecular weight is 324 g/mol. The summed E-state index contributed by atoms with van der Waals surface area (Å²) in [6.07, 6.45) is 6.85. The summed E-state index contributed by atoms with van der Waals surface area (Å²) in [6.45, 7) is 12.7. The van der Waals surface area contributed by atoms with Gasteiger partial charge < -0.3 is 5.11 Å². The van der Waals surface area contributed by atoms with Gasteiger partial charge >= 0.3 is 5.97 Å². The minimum Gasteiger partial charge on any atom is -0.481 e. The van der Waals surface area contributed by atoms with E-state index in [1.807, 2.05) is 0 Å². The molecule has 1 saturated heterocycles. The van der Waals surface area contributed by atoms with Gasteiger partial charge in [0.1, 0.15) is 11.7 Å². The van der Waals surface area contributed by atoms with E-state index in [9.17, 15) is 4.79 Å². The van der Waals surface area contributed by atoms with Crippen molar-refractivity contribution in [1.82, 2.24) is 0 Å². The van der Waals surface area contributed by atoms with Crippen molar-refractivity contribution >= 4 is 5.97 Å². The van der Waals surface area contributed by atoms with E-state index in [-0.39, 0.29) is 11.7 Å². The highest BCUT2D eigenvalue weighted by Crippen LogP contribution is 2.47. The molecule has 1 heterocycles. The van der Waals surface area contributed by atoms with Crippen LogP contribution in [0.5, 0.6) is 0 Å². The lowest BCUT2D eigenvalue weighted by atomic mass is 9.64. The Labute approximate surface area is 140 Å². The predicted molar refractivity (Wildman–Crippen MR) is 89.9 cm³/mol. The predicted octanol–water partition coefficient (Wildman–Crippen LogP) is 4.74. The number of aliphatic carboxylic acids is 1. The van der Waals surface area contributed by atoms with Crippen LogP contribution in [0.15, 0.2) is 12.2 Å². The number of carbonyl (C=O) groups is 1. The normalized spacial score (nSPS) is 35.7. The van der Waals surface area contributed by atoms with Crippen LogP contribution in [0.3, 0.4) is 0 Å². The Hall–Kier alpha value is -0.870. The maximum atomic E-state index is 11.1. The number of rotatable bonds is 5. The first-order valence-corrected chi connectivity index (χ1v) is 8.90. The zero-order valence-electron chi connectivity index (χ0n) is 15.1. The fourth-order valence-electron chi connectivity index (χ4n) is 4.09. The summed E-state index contributed by atoms with van der Waals surface area (Å²) in [5.41, 5.74) is 1.36. The Balaban J connectivity index is 1.88. The van der Waals surface area contributed by atoms with Crippen molar-refractivity contribution < 1.29 is 19.7 Å². The molecular weight excluding hydrogens is 292 g/mol. The smallest absolute Gasteiger partial charge is 0.308 e. The fraction of sp³-hybridized carbons (Fsp3) is 0.842. The third-order valence-corrected chi connectivity index (χ3v) is 5.99. The standard InChI is InChI=1S/C19H32O4/c1-13-7-6-10-18(3,4)15(13)8-11-19(5)12-9-16(22-23-19)14(2)17(20)21/h14-16H,1,6-12H2,2-5H3,(H,20,21)/t14-,15?,16-,19-/m1/s1. The highest BCUT2D eigenvalue weighted by atomic mass is 17.2. The SMILES string of the molecule is C=C1CCCC(C)(C)C1CC[C@]1(C)CC[C@H]([C@@H](C)C(=O)O)OO1. The van der Waals surface area contributed by atoms with Gasteiger partial charge in [-0.25, -0.2) is 9.78 Å². The molecule has 0 aromatic heterocycles. The Morgan fingerprint density at radius 2 is 2.09 bits per heavy atom. The van der Waals surface area contributed by atoms with Gasteiger partial charge in [-0.15, -0.1) is 0 Å². The molecule has 23 heavy (non-hydrogen) atoms. The number of hydrogen-bond acceptors (Lipinski definition) is 3. The largest absolute Gasteiger partial charge is 0.481 e. The maximum Gasteiger partial charge on any atom is 0.308 e. The summed E-state index contributed by atoms with van der Waals surface area (Å²) in [7, 11) is 0. The van der Waals surface area contributed by atoms with Crippen LogP contribution in [-0.4, -0.2) is 22.8 Å². The second kappa shape index (κ2) is 6.94. The second-order valence-corrected chi connectivity index (χ2v) is 8.43. The van der Waals surface area contributed by atoms with E-state index < -0.39 is 11.9 Å². The summed E-state index contributed by atoms with van der Waals surface area (Å²) in [5, 5.41) is 9.08. The summed E-state index contributed by atoms with van der Waals surface area (Å²) < 4.78 is 0. The van der Waals surface area contributed by atoms with Gasteiger partial charge in [0.2, 0.25) is 0 Å². The molecule has 1 N–H and O–H groups in total. The van der Waals surface area contributed by atoms with Gasteiger partial charge in [-0.3, -0.25) is 4.79 Å². The molecule has 2 aliphatic rings. The van der Waals surface area contributed by atoms with Gasteiger partial charge in [0.25, 0.3) is 0 Å². The molecule has 4 heteroatoms. The lowest BCUT2D eigenvalue weighted by Gasteiger charge is -2.43. The van der Waals surface area contributed by atoms with Crippen LogP contribution in [0.2, 0.25) is 0 Å². The van der Waals surface area contributed by atoms with Gasteiger partial charge in [0.15, 0.2) is 0 Å². The number of hydrogen-bond donors (Lipinski definition) is 1. The summed E-state index contributed by atoms with van der Waals surface area (Å²) in [6, 6.07) is 0. The van der Waals surface area contributed by atoms with E-state index in [4.69, 9.17) is 14.9 Å². The number of carboxylic acids is 1. The number of allylic oxidation sites excluding steroid dienone is 1. The van der Waals surface area contributed by atoms with E-state index in [1.165, 1.54) is 18.4 Å². The highest BCUT2D eigenvalue weighted by Gasteiger charge is 2.40. The third-order valence-electron chi connectivity index (χ3n) is 5.99. The molecule has 1 unspecified atom stereocenters. The molecule has 132 valence electrons. The Kier molecular flexibility index (Phi) is 5.57. The van der Waals surface area contributed by atoms with Gasteiger partial charge in [-0.2, -0.15) is 0 Å². The highest BCUT2D eigenvalue weighted by molar-refractivity contribution is 5.70. The molecular formula is C19H32O4. The van der Waals surface area contributed by atoms with Crippen LogP contribution in [0.25, 0.3) is 0 Å². The van der Waals surface area contributed by atoms with Crippen molar-refractivity contribution in [3.63, 3.8) is 0 Å². The van der Waals surface area contributed by atoms with E-state index >= 15 is 0 Å². The van der Waals surface area contributed by atoms with E-state index in [2.05, 4.69) is 27.4 Å². The average Bonchev–Trinajstić information content (AvgIpc) is 2.46.